The molecule has 1 saturated heterocycles. The number of rotatable bonds is 7. The third-order valence-electron chi connectivity index (χ3n) is 10.0. The first-order valence-corrected chi connectivity index (χ1v) is 15.4. The van der Waals surface area contributed by atoms with Gasteiger partial charge < -0.3 is 4.74 Å². The van der Waals surface area contributed by atoms with Crippen molar-refractivity contribution >= 4 is 22.0 Å². The lowest BCUT2D eigenvalue weighted by atomic mass is 9.69. The van der Waals surface area contributed by atoms with Crippen molar-refractivity contribution in [3.8, 4) is 5.75 Å². The number of fused-ring (bicyclic) bond motifs is 2. The largest absolute Gasteiger partial charge is 0.490 e. The number of amides is 1. The number of hydrogen-bond donors (Lipinski definition) is 0. The Hall–Kier alpha value is -2.60. The molecule has 2 aliphatic heterocycles. The molecule has 0 radical (unpaired) electrons. The molecule has 2 aromatic carbocycles. The van der Waals surface area contributed by atoms with E-state index in [4.69, 9.17) is 4.74 Å². The van der Waals surface area contributed by atoms with Crippen molar-refractivity contribution in [3.05, 3.63) is 71.3 Å². The van der Waals surface area contributed by atoms with Crippen LogP contribution in [0.5, 0.6) is 5.75 Å². The highest BCUT2D eigenvalue weighted by Crippen LogP contribution is 2.70. The summed E-state index contributed by atoms with van der Waals surface area (Å²) < 4.78 is 33.9. The molecule has 3 unspecified atom stereocenters. The fourth-order valence-corrected chi connectivity index (χ4v) is 10.3. The molecule has 2 heterocycles. The van der Waals surface area contributed by atoms with Crippen LogP contribution in [0.3, 0.4) is 0 Å². The second-order valence-electron chi connectivity index (χ2n) is 12.1. The van der Waals surface area contributed by atoms with Gasteiger partial charge in [-0.05, 0) is 79.5 Å². The maximum absolute atomic E-state index is 13.3. The lowest BCUT2D eigenvalue weighted by molar-refractivity contribution is -0.123. The Morgan fingerprint density at radius 1 is 1.11 bits per heavy atom. The van der Waals surface area contributed by atoms with Crippen molar-refractivity contribution in [2.75, 3.05) is 5.75 Å². The Balaban J connectivity index is 1.11. The SMILES string of the molecule is CC1(C)C2CCC13CS(=O)(=O)N(C(=O)/C=C/c1cccc4c1C[C@@H](CCCCc1ccccc1)O4)C3C2. The molecule has 2 bridgehead atoms. The molecule has 4 atom stereocenters. The number of aryl methyl sites for hydroxylation is 1. The van der Waals surface area contributed by atoms with Gasteiger partial charge in [-0.15, -0.1) is 0 Å². The molecule has 1 spiro atoms. The Labute approximate surface area is 221 Å². The molecule has 0 aromatic heterocycles. The Morgan fingerprint density at radius 3 is 2.70 bits per heavy atom. The highest BCUT2D eigenvalue weighted by atomic mass is 32.2. The summed E-state index contributed by atoms with van der Waals surface area (Å²) in [7, 11) is -3.61. The van der Waals surface area contributed by atoms with Crippen LogP contribution in [-0.4, -0.2) is 36.5 Å². The van der Waals surface area contributed by atoms with Gasteiger partial charge >= 0.3 is 0 Å². The zero-order valence-corrected chi connectivity index (χ0v) is 22.7. The average Bonchev–Trinajstić information content (AvgIpc) is 3.53. The van der Waals surface area contributed by atoms with Crippen LogP contribution in [0.1, 0.15) is 69.1 Å². The minimum Gasteiger partial charge on any atom is -0.490 e. The minimum absolute atomic E-state index is 0.0445. The van der Waals surface area contributed by atoms with Gasteiger partial charge in [0.15, 0.2) is 0 Å². The number of benzene rings is 2. The first-order valence-electron chi connectivity index (χ1n) is 13.8. The van der Waals surface area contributed by atoms with Crippen molar-refractivity contribution in [2.45, 2.75) is 77.4 Å². The van der Waals surface area contributed by atoms with Gasteiger partial charge in [0.25, 0.3) is 5.91 Å². The number of sulfonamides is 1. The van der Waals surface area contributed by atoms with Crippen molar-refractivity contribution in [1.82, 2.24) is 4.31 Å². The van der Waals surface area contributed by atoms with Gasteiger partial charge in [-0.1, -0.05) is 56.3 Å². The topological polar surface area (TPSA) is 63.7 Å². The van der Waals surface area contributed by atoms with E-state index >= 15 is 0 Å². The van der Waals surface area contributed by atoms with Crippen LogP contribution in [0.2, 0.25) is 0 Å². The molecule has 4 aliphatic rings. The van der Waals surface area contributed by atoms with E-state index in [1.165, 1.54) is 15.9 Å². The first-order chi connectivity index (χ1) is 17.7. The predicted octanol–water partition coefficient (Wildman–Crippen LogP) is 5.78. The zero-order chi connectivity index (χ0) is 25.8. The van der Waals surface area contributed by atoms with Crippen LogP contribution in [0.15, 0.2) is 54.6 Å². The molecule has 6 rings (SSSR count). The summed E-state index contributed by atoms with van der Waals surface area (Å²) in [5, 5.41) is 0. The van der Waals surface area contributed by atoms with Gasteiger partial charge in [0, 0.05) is 23.5 Å². The van der Waals surface area contributed by atoms with Crippen LogP contribution in [0, 0.1) is 16.7 Å². The van der Waals surface area contributed by atoms with Gasteiger partial charge in [-0.2, -0.15) is 0 Å². The quantitative estimate of drug-likeness (QED) is 0.343. The Bertz CT molecular complexity index is 1330. The Morgan fingerprint density at radius 2 is 1.92 bits per heavy atom. The van der Waals surface area contributed by atoms with Gasteiger partial charge in [0.2, 0.25) is 10.0 Å². The molecule has 5 nitrogen and oxygen atoms in total. The third-order valence-corrected chi connectivity index (χ3v) is 11.9. The van der Waals surface area contributed by atoms with Gasteiger partial charge in [0.1, 0.15) is 11.9 Å². The van der Waals surface area contributed by atoms with Gasteiger partial charge in [-0.25, -0.2) is 12.7 Å². The van der Waals surface area contributed by atoms with Crippen molar-refractivity contribution in [1.29, 1.82) is 0 Å². The summed E-state index contributed by atoms with van der Waals surface area (Å²) in [5.41, 5.74) is 3.08. The summed E-state index contributed by atoms with van der Waals surface area (Å²) in [6.07, 6.45) is 11.3. The molecule has 3 fully saturated rings. The summed E-state index contributed by atoms with van der Waals surface area (Å²) >= 11 is 0. The van der Waals surface area contributed by atoms with E-state index < -0.39 is 15.9 Å². The normalized spacial score (nSPS) is 30.4. The summed E-state index contributed by atoms with van der Waals surface area (Å²) in [6.45, 7) is 4.41. The minimum atomic E-state index is -3.61. The number of nitrogens with zero attached hydrogens (tertiary/aromatic N) is 1. The molecule has 6 heteroatoms. The Kier molecular flexibility index (Phi) is 6.02. The maximum atomic E-state index is 13.3. The second kappa shape index (κ2) is 9.00. The van der Waals surface area contributed by atoms with Crippen LogP contribution in [-0.2, 0) is 27.7 Å². The first kappa shape index (κ1) is 24.7. The molecule has 37 heavy (non-hydrogen) atoms. The zero-order valence-electron chi connectivity index (χ0n) is 21.9. The van der Waals surface area contributed by atoms with Crippen molar-refractivity contribution in [2.24, 2.45) is 16.7 Å². The molecular weight excluding hydrogens is 482 g/mol. The van der Waals surface area contributed by atoms with Gasteiger partial charge in [-0.3, -0.25) is 4.79 Å². The number of unbranched alkanes of at least 4 members (excludes halogenated alkanes) is 1. The van der Waals surface area contributed by atoms with E-state index in [-0.39, 0.29) is 28.7 Å². The molecule has 2 aromatic rings. The number of carbonyl (C=O) groups is 1. The van der Waals surface area contributed by atoms with Gasteiger partial charge in [0.05, 0.1) is 11.8 Å². The number of hydrogen-bond acceptors (Lipinski definition) is 4. The number of ether oxygens (including phenoxy) is 1. The van der Waals surface area contributed by atoms with Crippen LogP contribution >= 0.6 is 0 Å². The van der Waals surface area contributed by atoms with Crippen LogP contribution < -0.4 is 4.74 Å². The van der Waals surface area contributed by atoms with Crippen molar-refractivity contribution < 1.29 is 17.9 Å². The molecule has 0 N–H and O–H groups in total. The highest BCUT2D eigenvalue weighted by molar-refractivity contribution is 7.90. The van der Waals surface area contributed by atoms with Crippen LogP contribution in [0.25, 0.3) is 6.08 Å². The lowest BCUT2D eigenvalue weighted by Gasteiger charge is -2.36. The van der Waals surface area contributed by atoms with E-state index in [0.717, 1.165) is 68.2 Å². The standard InChI is InChI=1S/C31H37NO4S/c1-30(2)24-17-18-31(30)21-37(34,35)32(28(31)19-24)29(33)16-15-23-12-8-14-27-26(23)20-25(36-27)13-7-6-11-22-9-4-3-5-10-22/h3-5,8-10,12,14-16,24-25,28H,6-7,11,13,17-21H2,1-2H3/b16-15+/t24?,25-,28?,31?/m1/s1. The maximum Gasteiger partial charge on any atom is 0.260 e. The predicted molar refractivity (Wildman–Crippen MR) is 146 cm³/mol. The lowest BCUT2D eigenvalue weighted by Crippen LogP contribution is -2.43. The van der Waals surface area contributed by atoms with E-state index in [1.807, 2.05) is 24.3 Å². The molecule has 2 saturated carbocycles. The average molecular weight is 520 g/mol. The number of carbonyl (C=O) groups excluding carboxylic acids is 1. The molecule has 2 aliphatic carbocycles. The van der Waals surface area contributed by atoms with E-state index in [0.29, 0.717) is 5.92 Å². The van der Waals surface area contributed by atoms with Crippen molar-refractivity contribution in [3.63, 3.8) is 0 Å². The second-order valence-corrected chi connectivity index (χ2v) is 13.9. The summed E-state index contributed by atoms with van der Waals surface area (Å²) in [5.74, 6) is 1.07. The molecule has 1 amide bonds. The summed E-state index contributed by atoms with van der Waals surface area (Å²) in [6, 6.07) is 16.3. The molecular formula is C31H37NO4S. The monoisotopic (exact) mass is 519 g/mol. The fraction of sp³-hybridized carbons (Fsp3) is 0.516. The molecule has 196 valence electrons. The third kappa shape index (κ3) is 4.03. The van der Waals surface area contributed by atoms with E-state index in [9.17, 15) is 13.2 Å². The van der Waals surface area contributed by atoms with E-state index in [1.54, 1.807) is 6.08 Å². The smallest absolute Gasteiger partial charge is 0.260 e. The highest BCUT2D eigenvalue weighted by Gasteiger charge is 2.72. The summed E-state index contributed by atoms with van der Waals surface area (Å²) in [4.78, 5) is 13.3. The fourth-order valence-electron chi connectivity index (χ4n) is 7.84. The van der Waals surface area contributed by atoms with E-state index in [2.05, 4.69) is 38.1 Å². The van der Waals surface area contributed by atoms with Crippen LogP contribution in [0.4, 0.5) is 0 Å².